The van der Waals surface area contributed by atoms with Crippen molar-refractivity contribution < 1.29 is 14.4 Å². The van der Waals surface area contributed by atoms with Crippen LogP contribution in [0, 0.1) is 0 Å². The molecule has 22 heavy (non-hydrogen) atoms. The second-order valence-electron chi connectivity index (χ2n) is 5.42. The van der Waals surface area contributed by atoms with Crippen LogP contribution in [0.5, 0.6) is 0 Å². The minimum atomic E-state index is -0.876. The number of para-hydroxylation sites is 1. The molecule has 0 bridgehead atoms. The summed E-state index contributed by atoms with van der Waals surface area (Å²) >= 11 is 0. The number of hydrogen-bond donors (Lipinski definition) is 3. The van der Waals surface area contributed by atoms with E-state index in [2.05, 4.69) is 16.0 Å². The lowest BCUT2D eigenvalue weighted by Crippen LogP contribution is -2.45. The van der Waals surface area contributed by atoms with E-state index >= 15 is 0 Å². The van der Waals surface area contributed by atoms with Crippen molar-refractivity contribution in [3.8, 4) is 0 Å². The van der Waals surface area contributed by atoms with Crippen LogP contribution in [0.15, 0.2) is 24.3 Å². The van der Waals surface area contributed by atoms with Gasteiger partial charge in [-0.15, -0.1) is 0 Å². The van der Waals surface area contributed by atoms with Crippen LogP contribution in [0.1, 0.15) is 16.8 Å². The van der Waals surface area contributed by atoms with Crippen molar-refractivity contribution >= 4 is 23.4 Å². The van der Waals surface area contributed by atoms with E-state index in [0.717, 1.165) is 0 Å². The van der Waals surface area contributed by atoms with Gasteiger partial charge in [-0.1, -0.05) is 12.1 Å². The van der Waals surface area contributed by atoms with Gasteiger partial charge in [-0.3, -0.25) is 14.4 Å². The summed E-state index contributed by atoms with van der Waals surface area (Å²) in [6, 6.07) is 5.87. The summed E-state index contributed by atoms with van der Waals surface area (Å²) in [5.41, 5.74) is 0.854. The first-order valence-electron chi connectivity index (χ1n) is 7.09. The summed E-state index contributed by atoms with van der Waals surface area (Å²) in [6.45, 7) is 1.20. The Morgan fingerprint density at radius 2 is 2.00 bits per heavy atom. The second kappa shape index (κ2) is 7.04. The summed E-state index contributed by atoms with van der Waals surface area (Å²) in [5, 5.41) is 7.99. The molecule has 0 unspecified atom stereocenters. The lowest BCUT2D eigenvalue weighted by Gasteiger charge is -2.15. The lowest BCUT2D eigenvalue weighted by atomic mass is 10.1. The molecule has 2 rings (SSSR count). The Bertz CT molecular complexity index is 586. The van der Waals surface area contributed by atoms with Crippen molar-refractivity contribution in [2.24, 2.45) is 0 Å². The zero-order valence-electron chi connectivity index (χ0n) is 12.7. The summed E-state index contributed by atoms with van der Waals surface area (Å²) in [6.07, 6.45) is -0.0843. The van der Waals surface area contributed by atoms with E-state index in [-0.39, 0.29) is 24.1 Å². The number of carbonyl (C=O) groups is 3. The maximum Gasteiger partial charge on any atom is 0.254 e. The van der Waals surface area contributed by atoms with Gasteiger partial charge in [0.05, 0.1) is 17.7 Å². The number of rotatable bonds is 5. The number of carbonyl (C=O) groups excluding carboxylic acids is 3. The molecule has 7 heteroatoms. The monoisotopic (exact) mass is 304 g/mol. The highest BCUT2D eigenvalue weighted by Crippen LogP contribution is 2.18. The predicted molar refractivity (Wildman–Crippen MR) is 82.5 cm³/mol. The van der Waals surface area contributed by atoms with Crippen molar-refractivity contribution in [2.75, 3.05) is 32.5 Å². The van der Waals surface area contributed by atoms with E-state index in [0.29, 0.717) is 24.3 Å². The molecule has 0 saturated carbocycles. The number of likely N-dealkylation sites (N-methyl/N-ethyl adjacent to an activating group) is 1. The molecule has 1 atom stereocenters. The maximum atomic E-state index is 12.1. The fourth-order valence-corrected chi connectivity index (χ4v) is 2.13. The molecule has 1 aliphatic rings. The van der Waals surface area contributed by atoms with Crippen LogP contribution in [0.25, 0.3) is 0 Å². The normalized spacial score (nSPS) is 17.3. The number of benzene rings is 1. The molecule has 3 amide bonds. The first-order valence-corrected chi connectivity index (χ1v) is 7.09. The van der Waals surface area contributed by atoms with Gasteiger partial charge < -0.3 is 20.9 Å². The molecule has 0 spiro atoms. The Hall–Kier alpha value is -2.41. The molecule has 7 nitrogen and oxygen atoms in total. The Kier molecular flexibility index (Phi) is 5.11. The molecule has 0 aliphatic carbocycles. The second-order valence-corrected chi connectivity index (χ2v) is 5.42. The number of anilines is 1. The van der Waals surface area contributed by atoms with Crippen LogP contribution in [-0.4, -0.2) is 55.8 Å². The van der Waals surface area contributed by atoms with Gasteiger partial charge in [0.15, 0.2) is 0 Å². The van der Waals surface area contributed by atoms with Gasteiger partial charge in [0.1, 0.15) is 6.04 Å². The van der Waals surface area contributed by atoms with Gasteiger partial charge in [0, 0.05) is 13.1 Å². The third-order valence-electron chi connectivity index (χ3n) is 3.32. The van der Waals surface area contributed by atoms with Crippen LogP contribution in [0.3, 0.4) is 0 Å². The molecule has 1 aromatic rings. The lowest BCUT2D eigenvalue weighted by molar-refractivity contribution is -0.125. The molecule has 1 aliphatic heterocycles. The molecule has 0 radical (unpaired) electrons. The number of hydrogen-bond acceptors (Lipinski definition) is 4. The van der Waals surface area contributed by atoms with Gasteiger partial charge >= 0.3 is 0 Å². The Labute approximate surface area is 129 Å². The van der Waals surface area contributed by atoms with Crippen molar-refractivity contribution in [1.82, 2.24) is 15.5 Å². The largest absolute Gasteiger partial charge is 0.355 e. The minimum absolute atomic E-state index is 0.0843. The molecule has 1 heterocycles. The first kappa shape index (κ1) is 16.0. The number of nitrogens with zero attached hydrogens (tertiary/aromatic N) is 1. The highest BCUT2D eigenvalue weighted by atomic mass is 16.2. The molecule has 0 fully saturated rings. The van der Waals surface area contributed by atoms with Crippen molar-refractivity contribution in [1.29, 1.82) is 0 Å². The summed E-state index contributed by atoms with van der Waals surface area (Å²) < 4.78 is 0. The maximum absolute atomic E-state index is 12.1. The highest BCUT2D eigenvalue weighted by Gasteiger charge is 2.29. The van der Waals surface area contributed by atoms with Crippen molar-refractivity contribution in [3.63, 3.8) is 0 Å². The van der Waals surface area contributed by atoms with Crippen LogP contribution in [0.2, 0.25) is 0 Å². The Morgan fingerprint density at radius 1 is 1.27 bits per heavy atom. The first-order chi connectivity index (χ1) is 10.5. The van der Waals surface area contributed by atoms with Crippen molar-refractivity contribution in [2.45, 2.75) is 12.5 Å². The summed E-state index contributed by atoms with van der Waals surface area (Å²) in [7, 11) is 3.81. The molecule has 0 aromatic heterocycles. The third kappa shape index (κ3) is 4.05. The molecule has 3 N–H and O–H groups in total. The molecular weight excluding hydrogens is 284 g/mol. The third-order valence-corrected chi connectivity index (χ3v) is 3.32. The number of amides is 3. The Morgan fingerprint density at radius 3 is 2.73 bits per heavy atom. The molecule has 118 valence electrons. The van der Waals surface area contributed by atoms with E-state index in [1.807, 2.05) is 19.0 Å². The quantitative estimate of drug-likeness (QED) is 0.703. The van der Waals surface area contributed by atoms with Crippen LogP contribution in [0.4, 0.5) is 5.69 Å². The average Bonchev–Trinajstić information content (AvgIpc) is 2.57. The Balaban J connectivity index is 1.97. The zero-order chi connectivity index (χ0) is 16.1. The van der Waals surface area contributed by atoms with E-state index in [9.17, 15) is 14.4 Å². The average molecular weight is 304 g/mol. The smallest absolute Gasteiger partial charge is 0.254 e. The van der Waals surface area contributed by atoms with Gasteiger partial charge in [-0.25, -0.2) is 0 Å². The SMILES string of the molecule is CN(C)CCNC(=O)C[C@H]1NC(=O)c2ccccc2NC1=O. The molecule has 1 aromatic carbocycles. The van der Waals surface area contributed by atoms with Crippen LogP contribution in [-0.2, 0) is 9.59 Å². The van der Waals surface area contributed by atoms with Gasteiger partial charge in [-0.05, 0) is 26.2 Å². The minimum Gasteiger partial charge on any atom is -0.355 e. The topological polar surface area (TPSA) is 90.5 Å². The summed E-state index contributed by atoms with van der Waals surface area (Å²) in [5.74, 6) is -1.02. The summed E-state index contributed by atoms with van der Waals surface area (Å²) in [4.78, 5) is 38.0. The fourth-order valence-electron chi connectivity index (χ4n) is 2.13. The van der Waals surface area contributed by atoms with E-state index in [4.69, 9.17) is 0 Å². The number of fused-ring (bicyclic) bond motifs is 1. The number of nitrogens with one attached hydrogen (secondary N) is 3. The van der Waals surface area contributed by atoms with Gasteiger partial charge in [-0.2, -0.15) is 0 Å². The molecule has 0 saturated heterocycles. The van der Waals surface area contributed by atoms with Crippen LogP contribution < -0.4 is 16.0 Å². The fraction of sp³-hybridized carbons (Fsp3) is 0.400. The van der Waals surface area contributed by atoms with Gasteiger partial charge in [0.2, 0.25) is 11.8 Å². The van der Waals surface area contributed by atoms with E-state index in [1.54, 1.807) is 24.3 Å². The van der Waals surface area contributed by atoms with Crippen LogP contribution >= 0.6 is 0 Å². The highest BCUT2D eigenvalue weighted by molar-refractivity contribution is 6.10. The van der Waals surface area contributed by atoms with E-state index < -0.39 is 6.04 Å². The van der Waals surface area contributed by atoms with Crippen molar-refractivity contribution in [3.05, 3.63) is 29.8 Å². The zero-order valence-corrected chi connectivity index (χ0v) is 12.7. The molecular formula is C15H20N4O3. The standard InChI is InChI=1S/C15H20N4O3/c1-19(2)8-7-16-13(20)9-12-15(22)17-11-6-4-3-5-10(11)14(21)18-12/h3-6,12H,7-9H2,1-2H3,(H,16,20)(H,17,22)(H,18,21)/t12-/m1/s1. The predicted octanol–water partition coefficient (Wildman–Crippen LogP) is -0.195. The van der Waals surface area contributed by atoms with Gasteiger partial charge in [0.25, 0.3) is 5.91 Å². The van der Waals surface area contributed by atoms with E-state index in [1.165, 1.54) is 0 Å².